The summed E-state index contributed by atoms with van der Waals surface area (Å²) in [6, 6.07) is 9.79. The molecule has 0 bridgehead atoms. The summed E-state index contributed by atoms with van der Waals surface area (Å²) in [5, 5.41) is 3.31. The smallest absolute Gasteiger partial charge is 0.495 e. The lowest BCUT2D eigenvalue weighted by Gasteiger charge is -2.40. The number of aromatic nitrogens is 2. The van der Waals surface area contributed by atoms with Gasteiger partial charge in [-0.2, -0.15) is 0 Å². The van der Waals surface area contributed by atoms with Crippen molar-refractivity contribution < 1.29 is 22.6 Å². The number of nitrogens with zero attached hydrogens (tertiary/aromatic N) is 2. The highest BCUT2D eigenvalue weighted by molar-refractivity contribution is 9.10. The van der Waals surface area contributed by atoms with Crippen LogP contribution in [-0.2, 0) is 0 Å². The van der Waals surface area contributed by atoms with E-state index in [9.17, 15) is 13.2 Å². The van der Waals surface area contributed by atoms with Crippen LogP contribution in [0.4, 0.5) is 24.8 Å². The molecule has 0 amide bonds. The molecule has 1 fully saturated rings. The van der Waals surface area contributed by atoms with Crippen molar-refractivity contribution in [1.82, 2.24) is 9.55 Å². The van der Waals surface area contributed by atoms with E-state index in [0.717, 1.165) is 34.8 Å². The maximum atomic E-state index is 12.5. The zero-order valence-corrected chi connectivity index (χ0v) is 20.5. The van der Waals surface area contributed by atoms with Gasteiger partial charge in [0.25, 0.3) is 0 Å². The SMILES string of the molecule is COc1cc2c(cc1Br)nc(Nc1ccc(OC(F)(F)F)cc1)n2[C@@H]1C[C@H](C)CC(C)(C)C1. The largest absolute Gasteiger partial charge is 0.573 e. The molecule has 0 aliphatic heterocycles. The summed E-state index contributed by atoms with van der Waals surface area (Å²) in [7, 11) is 1.63. The van der Waals surface area contributed by atoms with Crippen LogP contribution in [0.25, 0.3) is 11.0 Å². The third-order valence-corrected chi connectivity index (χ3v) is 6.66. The van der Waals surface area contributed by atoms with Gasteiger partial charge in [-0.3, -0.25) is 0 Å². The highest BCUT2D eigenvalue weighted by atomic mass is 79.9. The molecule has 0 radical (unpaired) electrons. The molecule has 3 aromatic rings. The average Bonchev–Trinajstić information content (AvgIpc) is 3.02. The van der Waals surface area contributed by atoms with Gasteiger partial charge in [0, 0.05) is 17.8 Å². The van der Waals surface area contributed by atoms with Crippen LogP contribution in [0.1, 0.15) is 46.1 Å². The Balaban J connectivity index is 1.75. The Hall–Kier alpha value is -2.42. The maximum Gasteiger partial charge on any atom is 0.573 e. The van der Waals surface area contributed by atoms with Gasteiger partial charge in [0.2, 0.25) is 5.95 Å². The summed E-state index contributed by atoms with van der Waals surface area (Å²) in [5.74, 6) is 1.65. The first-order chi connectivity index (χ1) is 15.4. The van der Waals surface area contributed by atoms with E-state index in [-0.39, 0.29) is 17.2 Å². The highest BCUT2D eigenvalue weighted by Crippen LogP contribution is 2.46. The number of imidazole rings is 1. The van der Waals surface area contributed by atoms with Crippen LogP contribution >= 0.6 is 15.9 Å². The molecular weight excluding hydrogens is 499 g/mol. The van der Waals surface area contributed by atoms with Crippen molar-refractivity contribution in [2.45, 2.75) is 52.4 Å². The molecule has 1 saturated carbocycles. The number of fused-ring (bicyclic) bond motifs is 1. The van der Waals surface area contributed by atoms with Crippen molar-refractivity contribution in [3.8, 4) is 11.5 Å². The summed E-state index contributed by atoms with van der Waals surface area (Å²) in [6.07, 6.45) is -1.55. The first-order valence-corrected chi connectivity index (χ1v) is 11.6. The van der Waals surface area contributed by atoms with Crippen molar-refractivity contribution in [2.75, 3.05) is 12.4 Å². The summed E-state index contributed by atoms with van der Waals surface area (Å²) >= 11 is 3.53. The molecule has 9 heteroatoms. The maximum absolute atomic E-state index is 12.5. The van der Waals surface area contributed by atoms with E-state index in [2.05, 4.69) is 51.3 Å². The summed E-state index contributed by atoms with van der Waals surface area (Å²) < 4.78 is 50.0. The fraction of sp³-hybridized carbons (Fsp3) is 0.458. The molecule has 33 heavy (non-hydrogen) atoms. The Labute approximate surface area is 199 Å². The quantitative estimate of drug-likeness (QED) is 0.368. The monoisotopic (exact) mass is 525 g/mol. The summed E-state index contributed by atoms with van der Waals surface area (Å²) in [5.41, 5.74) is 2.56. The van der Waals surface area contributed by atoms with E-state index in [1.54, 1.807) is 19.2 Å². The fourth-order valence-corrected chi connectivity index (χ4v) is 5.57. The van der Waals surface area contributed by atoms with E-state index < -0.39 is 6.36 Å². The second-order valence-corrected chi connectivity index (χ2v) is 10.4. The number of methoxy groups -OCH3 is 1. The number of benzene rings is 2. The molecule has 0 spiro atoms. The van der Waals surface area contributed by atoms with E-state index in [1.165, 1.54) is 12.1 Å². The minimum absolute atomic E-state index is 0.187. The van der Waals surface area contributed by atoms with Gasteiger partial charge in [0.1, 0.15) is 11.5 Å². The number of anilines is 2. The number of halogens is 4. The number of rotatable bonds is 5. The molecule has 0 saturated heterocycles. The normalized spacial score (nSPS) is 20.6. The number of hydrogen-bond donors (Lipinski definition) is 1. The summed E-state index contributed by atoms with van der Waals surface area (Å²) in [6.45, 7) is 6.85. The van der Waals surface area contributed by atoms with Crippen molar-refractivity contribution in [2.24, 2.45) is 11.3 Å². The zero-order chi connectivity index (χ0) is 24.0. The average molecular weight is 526 g/mol. The molecular formula is C24H27BrF3N3O2. The summed E-state index contributed by atoms with van der Waals surface area (Å²) in [4.78, 5) is 4.83. The van der Waals surface area contributed by atoms with Crippen LogP contribution in [0.2, 0.25) is 0 Å². The first-order valence-electron chi connectivity index (χ1n) is 10.8. The molecule has 2 aromatic carbocycles. The van der Waals surface area contributed by atoms with E-state index in [4.69, 9.17) is 9.72 Å². The van der Waals surface area contributed by atoms with Crippen LogP contribution < -0.4 is 14.8 Å². The van der Waals surface area contributed by atoms with E-state index in [1.807, 2.05) is 12.1 Å². The minimum atomic E-state index is -4.72. The van der Waals surface area contributed by atoms with Gasteiger partial charge in [0.15, 0.2) is 0 Å². The predicted octanol–water partition coefficient (Wildman–Crippen LogP) is 7.84. The van der Waals surface area contributed by atoms with E-state index in [0.29, 0.717) is 23.3 Å². The Bertz CT molecular complexity index is 1140. The third kappa shape index (κ3) is 5.39. The lowest BCUT2D eigenvalue weighted by Crippen LogP contribution is -2.29. The molecule has 1 aliphatic carbocycles. The van der Waals surface area contributed by atoms with Crippen LogP contribution in [0.5, 0.6) is 11.5 Å². The molecule has 1 N–H and O–H groups in total. The van der Waals surface area contributed by atoms with Crippen LogP contribution in [0.15, 0.2) is 40.9 Å². The molecule has 178 valence electrons. The van der Waals surface area contributed by atoms with Crippen LogP contribution in [0.3, 0.4) is 0 Å². The fourth-order valence-electron chi connectivity index (χ4n) is 5.07. The lowest BCUT2D eigenvalue weighted by atomic mass is 9.70. The van der Waals surface area contributed by atoms with Crippen molar-refractivity contribution in [3.63, 3.8) is 0 Å². The van der Waals surface area contributed by atoms with Crippen molar-refractivity contribution in [3.05, 3.63) is 40.9 Å². The second-order valence-electron chi connectivity index (χ2n) is 9.55. The third-order valence-electron chi connectivity index (χ3n) is 6.04. The molecule has 5 nitrogen and oxygen atoms in total. The molecule has 4 rings (SSSR count). The lowest BCUT2D eigenvalue weighted by molar-refractivity contribution is -0.274. The van der Waals surface area contributed by atoms with Crippen molar-refractivity contribution >= 4 is 38.6 Å². The second kappa shape index (κ2) is 8.74. The van der Waals surface area contributed by atoms with Gasteiger partial charge in [-0.25, -0.2) is 4.98 Å². The van der Waals surface area contributed by atoms with Gasteiger partial charge < -0.3 is 19.4 Å². The molecule has 0 unspecified atom stereocenters. The van der Waals surface area contributed by atoms with Gasteiger partial charge in [-0.15, -0.1) is 13.2 Å². The number of nitrogens with one attached hydrogen (secondary N) is 1. The van der Waals surface area contributed by atoms with Crippen LogP contribution in [0, 0.1) is 11.3 Å². The Kier molecular flexibility index (Phi) is 6.28. The highest BCUT2D eigenvalue weighted by Gasteiger charge is 2.35. The minimum Gasteiger partial charge on any atom is -0.495 e. The Morgan fingerprint density at radius 2 is 1.85 bits per heavy atom. The van der Waals surface area contributed by atoms with E-state index >= 15 is 0 Å². The van der Waals surface area contributed by atoms with Gasteiger partial charge in [0.05, 0.1) is 22.6 Å². The molecule has 1 heterocycles. The molecule has 1 aromatic heterocycles. The van der Waals surface area contributed by atoms with Gasteiger partial charge in [-0.1, -0.05) is 20.8 Å². The first kappa shape index (κ1) is 23.7. The number of hydrogen-bond acceptors (Lipinski definition) is 4. The van der Waals surface area contributed by atoms with Gasteiger partial charge >= 0.3 is 6.36 Å². The molecule has 1 aliphatic rings. The zero-order valence-electron chi connectivity index (χ0n) is 19.0. The van der Waals surface area contributed by atoms with Crippen LogP contribution in [-0.4, -0.2) is 23.0 Å². The number of alkyl halides is 3. The standard InChI is InChI=1S/C24H27BrF3N3O2/c1-14-9-16(13-23(2,3)12-14)31-20-11-21(32-4)18(25)10-19(20)30-22(31)29-15-5-7-17(8-6-15)33-24(26,27)28/h5-8,10-11,14,16H,9,12-13H2,1-4H3,(H,29,30)/t14-,16+/m0/s1. The topological polar surface area (TPSA) is 48.3 Å². The molecule has 2 atom stereocenters. The van der Waals surface area contributed by atoms with Crippen molar-refractivity contribution in [1.29, 1.82) is 0 Å². The Morgan fingerprint density at radius 1 is 1.15 bits per heavy atom. The number of ether oxygens (including phenoxy) is 2. The Morgan fingerprint density at radius 3 is 2.45 bits per heavy atom. The van der Waals surface area contributed by atoms with Gasteiger partial charge in [-0.05, 0) is 76.9 Å². The predicted molar refractivity (Wildman–Crippen MR) is 126 cm³/mol.